The molecular formula is C6H14O4S. The molecule has 5 heteroatoms. The Morgan fingerprint density at radius 1 is 1.27 bits per heavy atom. The van der Waals surface area contributed by atoms with Gasteiger partial charge in [-0.05, 0) is 6.42 Å². The lowest BCUT2D eigenvalue weighted by Crippen LogP contribution is -2.02. The van der Waals surface area contributed by atoms with Crippen LogP contribution in [0.15, 0.2) is 0 Å². The second kappa shape index (κ2) is 7.68. The number of carbonyl (C=O) groups is 1. The van der Waals surface area contributed by atoms with E-state index in [1.54, 1.807) is 0 Å². The lowest BCUT2D eigenvalue weighted by atomic mass is 10.3. The van der Waals surface area contributed by atoms with Gasteiger partial charge in [-0.25, -0.2) is 0 Å². The largest absolute Gasteiger partial charge is 0.307 e. The van der Waals surface area contributed by atoms with Gasteiger partial charge in [0.2, 0.25) is 0 Å². The van der Waals surface area contributed by atoms with Gasteiger partial charge in [0.05, 0.1) is 5.75 Å². The molecule has 0 bridgehead atoms. The van der Waals surface area contributed by atoms with E-state index in [0.717, 1.165) is 12.8 Å². The summed E-state index contributed by atoms with van der Waals surface area (Å²) in [7, 11) is -3.70. The van der Waals surface area contributed by atoms with E-state index in [4.69, 9.17) is 9.35 Å². The van der Waals surface area contributed by atoms with Crippen molar-refractivity contribution in [2.75, 3.05) is 5.75 Å². The minimum atomic E-state index is -3.70. The molecule has 0 unspecified atom stereocenters. The van der Waals surface area contributed by atoms with Gasteiger partial charge in [-0.1, -0.05) is 19.8 Å². The van der Waals surface area contributed by atoms with Crippen LogP contribution in [0.25, 0.3) is 0 Å². The van der Waals surface area contributed by atoms with Crippen LogP contribution >= 0.6 is 0 Å². The topological polar surface area (TPSA) is 71.4 Å². The maximum Gasteiger partial charge on any atom is 0.264 e. The first-order valence-electron chi connectivity index (χ1n) is 3.30. The van der Waals surface area contributed by atoms with E-state index in [9.17, 15) is 8.42 Å². The summed E-state index contributed by atoms with van der Waals surface area (Å²) in [5.41, 5.74) is 0. The van der Waals surface area contributed by atoms with Crippen LogP contribution in [0.1, 0.15) is 26.2 Å². The normalized spacial score (nSPS) is 10.0. The third-order valence-electron chi connectivity index (χ3n) is 1.01. The molecular weight excluding hydrogens is 168 g/mol. The molecule has 0 aromatic carbocycles. The molecule has 4 nitrogen and oxygen atoms in total. The summed E-state index contributed by atoms with van der Waals surface area (Å²) in [5, 5.41) is 0. The van der Waals surface area contributed by atoms with E-state index in [-0.39, 0.29) is 5.75 Å². The first-order valence-corrected chi connectivity index (χ1v) is 4.91. The summed E-state index contributed by atoms with van der Waals surface area (Å²) in [6.45, 7) is 3.98. The molecule has 0 rings (SSSR count). The molecule has 0 aromatic heterocycles. The predicted octanol–water partition coefficient (Wildman–Crippen LogP) is 0.879. The van der Waals surface area contributed by atoms with Crippen molar-refractivity contribution in [3.63, 3.8) is 0 Å². The fourth-order valence-corrected chi connectivity index (χ4v) is 1.10. The molecule has 0 heterocycles. The summed E-state index contributed by atoms with van der Waals surface area (Å²) in [6.07, 6.45) is 2.39. The van der Waals surface area contributed by atoms with Crippen LogP contribution in [0, 0.1) is 0 Å². The van der Waals surface area contributed by atoms with Gasteiger partial charge in [-0.15, -0.1) is 0 Å². The van der Waals surface area contributed by atoms with Gasteiger partial charge >= 0.3 is 0 Å². The van der Waals surface area contributed by atoms with Crippen molar-refractivity contribution in [2.45, 2.75) is 26.2 Å². The van der Waals surface area contributed by atoms with E-state index >= 15 is 0 Å². The Kier molecular flexibility index (Phi) is 9.21. The second-order valence-electron chi connectivity index (χ2n) is 1.99. The molecule has 1 N–H and O–H groups in total. The lowest BCUT2D eigenvalue weighted by Gasteiger charge is -1.92. The van der Waals surface area contributed by atoms with Crippen molar-refractivity contribution in [1.82, 2.24) is 0 Å². The van der Waals surface area contributed by atoms with Crippen LogP contribution in [0.4, 0.5) is 0 Å². The van der Waals surface area contributed by atoms with E-state index < -0.39 is 10.1 Å². The van der Waals surface area contributed by atoms with Gasteiger partial charge in [0.25, 0.3) is 10.1 Å². The zero-order valence-corrected chi connectivity index (χ0v) is 7.43. The molecule has 11 heavy (non-hydrogen) atoms. The predicted molar refractivity (Wildman–Crippen MR) is 43.1 cm³/mol. The van der Waals surface area contributed by atoms with E-state index in [1.807, 2.05) is 13.7 Å². The highest BCUT2D eigenvalue weighted by Crippen LogP contribution is 1.96. The van der Waals surface area contributed by atoms with Crippen LogP contribution in [0.3, 0.4) is 0 Å². The average Bonchev–Trinajstić information content (AvgIpc) is 1.90. The van der Waals surface area contributed by atoms with Crippen molar-refractivity contribution in [1.29, 1.82) is 0 Å². The highest BCUT2D eigenvalue weighted by molar-refractivity contribution is 7.85. The van der Waals surface area contributed by atoms with Crippen LogP contribution in [-0.2, 0) is 14.9 Å². The molecule has 0 aliphatic heterocycles. The molecule has 0 aliphatic rings. The van der Waals surface area contributed by atoms with Crippen LogP contribution in [0.2, 0.25) is 0 Å². The van der Waals surface area contributed by atoms with Crippen LogP contribution in [0.5, 0.6) is 0 Å². The van der Waals surface area contributed by atoms with Gasteiger partial charge in [-0.2, -0.15) is 8.42 Å². The third kappa shape index (κ3) is 17.7. The Hall–Kier alpha value is -0.420. The number of carbonyl (C=O) groups excluding carboxylic acids is 1. The fraction of sp³-hybridized carbons (Fsp3) is 0.833. The van der Waals surface area contributed by atoms with Gasteiger partial charge in [-0.3, -0.25) is 4.55 Å². The summed E-state index contributed by atoms with van der Waals surface area (Å²) in [4.78, 5) is 8.00. The smallest absolute Gasteiger partial charge is 0.264 e. The van der Waals surface area contributed by atoms with Gasteiger partial charge in [0.1, 0.15) is 6.79 Å². The monoisotopic (exact) mass is 182 g/mol. The molecule has 68 valence electrons. The highest BCUT2D eigenvalue weighted by atomic mass is 32.2. The van der Waals surface area contributed by atoms with Crippen molar-refractivity contribution >= 4 is 16.9 Å². The molecule has 0 aliphatic carbocycles. The van der Waals surface area contributed by atoms with Gasteiger partial charge in [0, 0.05) is 0 Å². The minimum Gasteiger partial charge on any atom is -0.307 e. The van der Waals surface area contributed by atoms with E-state index in [2.05, 4.69) is 0 Å². The Bertz CT molecular complexity index is 161. The highest BCUT2D eigenvalue weighted by Gasteiger charge is 2.01. The first-order chi connectivity index (χ1) is 5.06. The summed E-state index contributed by atoms with van der Waals surface area (Å²) in [6, 6.07) is 0. The zero-order chi connectivity index (χ0) is 9.33. The average molecular weight is 182 g/mol. The SMILES string of the molecule is C=O.CCCCCS(=O)(=O)O. The molecule has 0 aromatic rings. The van der Waals surface area contributed by atoms with E-state index in [1.165, 1.54) is 0 Å². The van der Waals surface area contributed by atoms with Gasteiger partial charge < -0.3 is 4.79 Å². The maximum absolute atomic E-state index is 10.1. The zero-order valence-electron chi connectivity index (χ0n) is 6.62. The fourth-order valence-electron chi connectivity index (χ4n) is 0.534. The van der Waals surface area contributed by atoms with Gasteiger partial charge in [0.15, 0.2) is 0 Å². The Morgan fingerprint density at radius 3 is 2.00 bits per heavy atom. The summed E-state index contributed by atoms with van der Waals surface area (Å²) < 4.78 is 28.3. The maximum atomic E-state index is 10.1. The van der Waals surface area contributed by atoms with Crippen molar-refractivity contribution in [2.24, 2.45) is 0 Å². The van der Waals surface area contributed by atoms with Crippen LogP contribution in [-0.4, -0.2) is 25.5 Å². The minimum absolute atomic E-state index is 0.0964. The van der Waals surface area contributed by atoms with Crippen LogP contribution < -0.4 is 0 Å². The molecule has 0 fully saturated rings. The molecule has 0 saturated heterocycles. The number of rotatable bonds is 4. The Balaban J connectivity index is 0. The molecule has 0 saturated carbocycles. The van der Waals surface area contributed by atoms with Crippen molar-refractivity contribution in [3.05, 3.63) is 0 Å². The molecule has 0 spiro atoms. The lowest BCUT2D eigenvalue weighted by molar-refractivity contribution is -0.0979. The van der Waals surface area contributed by atoms with E-state index in [0.29, 0.717) is 6.42 Å². The number of unbranched alkanes of at least 4 members (excludes halogenated alkanes) is 2. The quantitative estimate of drug-likeness (QED) is 0.517. The first kappa shape index (κ1) is 13.2. The molecule has 0 amide bonds. The van der Waals surface area contributed by atoms with Crippen molar-refractivity contribution in [3.8, 4) is 0 Å². The number of hydrogen-bond acceptors (Lipinski definition) is 3. The molecule has 0 atom stereocenters. The second-order valence-corrected chi connectivity index (χ2v) is 3.57. The third-order valence-corrected chi connectivity index (χ3v) is 1.81. The molecule has 0 radical (unpaired) electrons. The summed E-state index contributed by atoms with van der Waals surface area (Å²) in [5.74, 6) is -0.0964. The Morgan fingerprint density at radius 2 is 1.73 bits per heavy atom. The summed E-state index contributed by atoms with van der Waals surface area (Å²) >= 11 is 0. The van der Waals surface area contributed by atoms with Crippen molar-refractivity contribution < 1.29 is 17.8 Å². The number of hydrogen-bond donors (Lipinski definition) is 1. The Labute approximate surface area is 67.4 Å². The standard InChI is InChI=1S/C5H12O3S.CH2O/c1-2-3-4-5-9(6,7)8;1-2/h2-5H2,1H3,(H,6,7,8);1H2.